The molecule has 0 aromatic carbocycles. The van der Waals surface area contributed by atoms with Crippen LogP contribution >= 0.6 is 0 Å². The molecular weight excluding hydrogens is 154 g/mol. The molecule has 2 unspecified atom stereocenters. The number of rotatable bonds is 2. The third-order valence-corrected chi connectivity index (χ3v) is 2.52. The molecule has 2 aliphatic rings. The summed E-state index contributed by atoms with van der Waals surface area (Å²) >= 11 is 0. The van der Waals surface area contributed by atoms with Gasteiger partial charge in [0.1, 0.15) is 0 Å². The summed E-state index contributed by atoms with van der Waals surface area (Å²) in [4.78, 5) is 0. The smallest absolute Gasteiger partial charge is 0.0834 e. The lowest BCUT2D eigenvalue weighted by Crippen LogP contribution is -2.37. The molecule has 0 spiro atoms. The Bertz CT molecular complexity index is 128. The van der Waals surface area contributed by atoms with Gasteiger partial charge in [-0.25, -0.2) is 0 Å². The first-order valence-corrected chi connectivity index (χ1v) is 4.89. The second-order valence-electron chi connectivity index (χ2n) is 3.59. The SMILES string of the molecule is C1CNCC(OC2CCOC2)C1. The van der Waals surface area contributed by atoms with Gasteiger partial charge in [0.2, 0.25) is 0 Å². The van der Waals surface area contributed by atoms with Crippen LogP contribution in [0.2, 0.25) is 0 Å². The Morgan fingerprint density at radius 2 is 2.25 bits per heavy atom. The number of ether oxygens (including phenoxy) is 2. The van der Waals surface area contributed by atoms with Crippen molar-refractivity contribution in [1.82, 2.24) is 5.32 Å². The number of hydrogen-bond donors (Lipinski definition) is 1. The quantitative estimate of drug-likeness (QED) is 0.658. The van der Waals surface area contributed by atoms with Crippen molar-refractivity contribution >= 4 is 0 Å². The molecule has 0 aromatic heterocycles. The molecule has 0 aliphatic carbocycles. The van der Waals surface area contributed by atoms with Crippen LogP contribution in [0.1, 0.15) is 19.3 Å². The highest BCUT2D eigenvalue weighted by molar-refractivity contribution is 4.72. The van der Waals surface area contributed by atoms with Crippen LogP contribution in [0.5, 0.6) is 0 Å². The molecule has 1 N–H and O–H groups in total. The van der Waals surface area contributed by atoms with Crippen molar-refractivity contribution in [2.24, 2.45) is 0 Å². The van der Waals surface area contributed by atoms with E-state index in [1.807, 2.05) is 0 Å². The highest BCUT2D eigenvalue weighted by atomic mass is 16.5. The maximum Gasteiger partial charge on any atom is 0.0834 e. The third kappa shape index (κ3) is 2.19. The average molecular weight is 171 g/mol. The van der Waals surface area contributed by atoms with Crippen LogP contribution in [-0.2, 0) is 9.47 Å². The van der Waals surface area contributed by atoms with Crippen LogP contribution in [0.15, 0.2) is 0 Å². The zero-order valence-electron chi connectivity index (χ0n) is 7.42. The van der Waals surface area contributed by atoms with Gasteiger partial charge in [0.25, 0.3) is 0 Å². The van der Waals surface area contributed by atoms with Gasteiger partial charge in [0.15, 0.2) is 0 Å². The molecule has 2 heterocycles. The van der Waals surface area contributed by atoms with Crippen LogP contribution in [0.3, 0.4) is 0 Å². The van der Waals surface area contributed by atoms with E-state index in [2.05, 4.69) is 5.32 Å². The maximum atomic E-state index is 5.86. The molecule has 3 heteroatoms. The van der Waals surface area contributed by atoms with E-state index in [1.165, 1.54) is 12.8 Å². The predicted octanol–water partition coefficient (Wildman–Crippen LogP) is 0.544. The highest BCUT2D eigenvalue weighted by Crippen LogP contribution is 2.14. The standard InChI is InChI=1S/C9H17NO2/c1-2-8(6-10-4-1)12-9-3-5-11-7-9/h8-10H,1-7H2. The fourth-order valence-electron chi connectivity index (χ4n) is 1.83. The van der Waals surface area contributed by atoms with E-state index >= 15 is 0 Å². The molecule has 0 saturated carbocycles. The molecule has 0 amide bonds. The topological polar surface area (TPSA) is 30.5 Å². The van der Waals surface area contributed by atoms with Gasteiger partial charge in [-0.15, -0.1) is 0 Å². The Kier molecular flexibility index (Phi) is 2.98. The van der Waals surface area contributed by atoms with E-state index in [0.717, 1.165) is 32.7 Å². The summed E-state index contributed by atoms with van der Waals surface area (Å²) in [5.41, 5.74) is 0. The lowest BCUT2D eigenvalue weighted by molar-refractivity contribution is -0.0254. The van der Waals surface area contributed by atoms with Gasteiger partial charge >= 0.3 is 0 Å². The lowest BCUT2D eigenvalue weighted by atomic mass is 10.1. The number of piperidine rings is 1. The van der Waals surface area contributed by atoms with Crippen LogP contribution in [0.25, 0.3) is 0 Å². The Balaban J connectivity index is 1.69. The minimum Gasteiger partial charge on any atom is -0.379 e. The molecule has 2 aliphatic heterocycles. The molecule has 0 aromatic rings. The summed E-state index contributed by atoms with van der Waals surface area (Å²) in [6.45, 7) is 3.86. The molecule has 12 heavy (non-hydrogen) atoms. The number of hydrogen-bond acceptors (Lipinski definition) is 3. The van der Waals surface area contributed by atoms with Crippen molar-refractivity contribution in [3.8, 4) is 0 Å². The minimum atomic E-state index is 0.370. The van der Waals surface area contributed by atoms with Gasteiger partial charge in [-0.05, 0) is 25.8 Å². The van der Waals surface area contributed by atoms with Crippen molar-refractivity contribution in [3.63, 3.8) is 0 Å². The van der Waals surface area contributed by atoms with E-state index in [1.54, 1.807) is 0 Å². The van der Waals surface area contributed by atoms with Gasteiger partial charge in [0, 0.05) is 13.2 Å². The second-order valence-corrected chi connectivity index (χ2v) is 3.59. The Morgan fingerprint density at radius 3 is 2.92 bits per heavy atom. The Labute approximate surface area is 73.4 Å². The third-order valence-electron chi connectivity index (χ3n) is 2.52. The van der Waals surface area contributed by atoms with E-state index in [4.69, 9.17) is 9.47 Å². The largest absolute Gasteiger partial charge is 0.379 e. The number of nitrogens with one attached hydrogen (secondary N) is 1. The maximum absolute atomic E-state index is 5.86. The van der Waals surface area contributed by atoms with Gasteiger partial charge in [-0.3, -0.25) is 0 Å². The molecular formula is C9H17NO2. The van der Waals surface area contributed by atoms with Crippen molar-refractivity contribution in [3.05, 3.63) is 0 Å². The summed E-state index contributed by atoms with van der Waals surface area (Å²) in [6, 6.07) is 0. The van der Waals surface area contributed by atoms with E-state index in [-0.39, 0.29) is 0 Å². The van der Waals surface area contributed by atoms with Gasteiger partial charge in [-0.2, -0.15) is 0 Å². The van der Waals surface area contributed by atoms with Crippen LogP contribution < -0.4 is 5.32 Å². The van der Waals surface area contributed by atoms with Crippen molar-refractivity contribution < 1.29 is 9.47 Å². The molecule has 0 bridgehead atoms. The Morgan fingerprint density at radius 1 is 1.25 bits per heavy atom. The summed E-state index contributed by atoms with van der Waals surface area (Å²) in [5.74, 6) is 0. The molecule has 0 radical (unpaired) electrons. The van der Waals surface area contributed by atoms with E-state index in [9.17, 15) is 0 Å². The molecule has 2 rings (SSSR count). The summed E-state index contributed by atoms with van der Waals surface area (Å²) in [7, 11) is 0. The summed E-state index contributed by atoms with van der Waals surface area (Å²) < 4.78 is 11.1. The molecule has 2 saturated heterocycles. The fourth-order valence-corrected chi connectivity index (χ4v) is 1.83. The van der Waals surface area contributed by atoms with E-state index in [0.29, 0.717) is 12.2 Å². The average Bonchev–Trinajstić information content (AvgIpc) is 2.59. The summed E-state index contributed by atoms with van der Waals surface area (Å²) in [5, 5.41) is 3.34. The van der Waals surface area contributed by atoms with Crippen molar-refractivity contribution in [2.75, 3.05) is 26.3 Å². The van der Waals surface area contributed by atoms with Crippen LogP contribution in [-0.4, -0.2) is 38.5 Å². The normalized spacial score (nSPS) is 37.0. The van der Waals surface area contributed by atoms with Crippen molar-refractivity contribution in [2.45, 2.75) is 31.5 Å². The first kappa shape index (κ1) is 8.48. The van der Waals surface area contributed by atoms with Gasteiger partial charge in [-0.1, -0.05) is 0 Å². The lowest BCUT2D eigenvalue weighted by Gasteiger charge is -2.25. The monoisotopic (exact) mass is 171 g/mol. The molecule has 2 fully saturated rings. The van der Waals surface area contributed by atoms with E-state index < -0.39 is 0 Å². The predicted molar refractivity (Wildman–Crippen MR) is 46.2 cm³/mol. The van der Waals surface area contributed by atoms with Crippen LogP contribution in [0, 0.1) is 0 Å². The van der Waals surface area contributed by atoms with Crippen LogP contribution in [0.4, 0.5) is 0 Å². The van der Waals surface area contributed by atoms with Gasteiger partial charge < -0.3 is 14.8 Å². The summed E-state index contributed by atoms with van der Waals surface area (Å²) in [6.07, 6.45) is 4.35. The zero-order valence-corrected chi connectivity index (χ0v) is 7.42. The second kappa shape index (κ2) is 4.21. The minimum absolute atomic E-state index is 0.370. The first-order chi connectivity index (χ1) is 5.95. The molecule has 2 atom stereocenters. The van der Waals surface area contributed by atoms with Gasteiger partial charge in [0.05, 0.1) is 18.8 Å². The fraction of sp³-hybridized carbons (Fsp3) is 1.00. The molecule has 3 nitrogen and oxygen atoms in total. The highest BCUT2D eigenvalue weighted by Gasteiger charge is 2.21. The zero-order chi connectivity index (χ0) is 8.23. The Hall–Kier alpha value is -0.120. The first-order valence-electron chi connectivity index (χ1n) is 4.89. The molecule has 70 valence electrons. The van der Waals surface area contributed by atoms with Crippen molar-refractivity contribution in [1.29, 1.82) is 0 Å².